The fourth-order valence-electron chi connectivity index (χ4n) is 2.01. The first-order chi connectivity index (χ1) is 10.8. The van der Waals surface area contributed by atoms with Gasteiger partial charge in [-0.05, 0) is 39.8 Å². The summed E-state index contributed by atoms with van der Waals surface area (Å²) in [4.78, 5) is 0. The number of halogens is 2. The van der Waals surface area contributed by atoms with Crippen molar-refractivity contribution < 1.29 is 18.2 Å². The van der Waals surface area contributed by atoms with Gasteiger partial charge >= 0.3 is 0 Å². The minimum absolute atomic E-state index is 0.137. The first-order valence-electron chi connectivity index (χ1n) is 7.64. The molecule has 0 aromatic carbocycles. The molecule has 0 aliphatic rings. The normalized spacial score (nSPS) is 17.4. The third kappa shape index (κ3) is 8.20. The van der Waals surface area contributed by atoms with Crippen LogP contribution >= 0.6 is 38.2 Å². The Hall–Kier alpha value is 0.880. The van der Waals surface area contributed by atoms with E-state index in [-0.39, 0.29) is 5.90 Å². The molecular weight excluding hydrogens is 381 g/mol. The van der Waals surface area contributed by atoms with Crippen molar-refractivity contribution in [3.8, 4) is 0 Å². The summed E-state index contributed by atoms with van der Waals surface area (Å²) in [6.07, 6.45) is 3.26. The third-order valence-corrected chi connectivity index (χ3v) is 10.7. The third-order valence-electron chi connectivity index (χ3n) is 3.70. The van der Waals surface area contributed by atoms with Crippen LogP contribution in [0.4, 0.5) is 0 Å². The van der Waals surface area contributed by atoms with Gasteiger partial charge in [-0.1, -0.05) is 0 Å². The molecule has 0 rings (SSSR count). The van der Waals surface area contributed by atoms with Crippen LogP contribution in [0.5, 0.6) is 0 Å². The summed E-state index contributed by atoms with van der Waals surface area (Å²) in [7, 11) is -0.265. The lowest BCUT2D eigenvalue weighted by Crippen LogP contribution is -2.24. The largest absolute Gasteiger partial charge is 0.320 e. The van der Waals surface area contributed by atoms with Crippen molar-refractivity contribution in [2.24, 2.45) is 0 Å². The maximum absolute atomic E-state index is 13.1. The lowest BCUT2D eigenvalue weighted by Gasteiger charge is -2.32. The zero-order valence-electron chi connectivity index (χ0n) is 14.5. The number of alkyl halides is 2. The van der Waals surface area contributed by atoms with Crippen LogP contribution < -0.4 is 0 Å². The summed E-state index contributed by atoms with van der Waals surface area (Å²) in [5.41, 5.74) is 0. The Morgan fingerprint density at radius 2 is 1.13 bits per heavy atom. The summed E-state index contributed by atoms with van der Waals surface area (Å²) in [6, 6.07) is 0. The highest BCUT2D eigenvalue weighted by Gasteiger charge is 2.40. The first-order valence-corrected chi connectivity index (χ1v) is 12.2. The summed E-state index contributed by atoms with van der Waals surface area (Å²) < 4.78 is 39.9. The van der Waals surface area contributed by atoms with E-state index in [0.29, 0.717) is 24.8 Å². The van der Waals surface area contributed by atoms with Crippen LogP contribution in [-0.2, 0) is 18.2 Å². The number of nitrogens with zero attached hydrogens (tertiary/aromatic N) is 2. The molecule has 0 spiro atoms. The average Bonchev–Trinajstić information content (AvgIpc) is 2.54. The van der Waals surface area contributed by atoms with E-state index >= 15 is 0 Å². The van der Waals surface area contributed by atoms with Gasteiger partial charge in [-0.15, -0.1) is 23.2 Å². The van der Waals surface area contributed by atoms with Gasteiger partial charge in [0.2, 0.25) is 0 Å². The molecule has 0 saturated carbocycles. The minimum atomic E-state index is -3.23. The molecular formula is C13H30Cl2N2O4P2. The van der Waals surface area contributed by atoms with Gasteiger partial charge in [0.1, 0.15) is 5.90 Å². The Labute approximate surface area is 150 Å². The van der Waals surface area contributed by atoms with Gasteiger partial charge in [-0.2, -0.15) is 0 Å². The van der Waals surface area contributed by atoms with Gasteiger partial charge in [0.05, 0.1) is 0 Å². The zero-order valence-corrected chi connectivity index (χ0v) is 17.8. The molecule has 10 heteroatoms. The van der Waals surface area contributed by atoms with Gasteiger partial charge in [-0.3, -0.25) is 9.13 Å². The van der Waals surface area contributed by atoms with Crippen molar-refractivity contribution in [3.05, 3.63) is 0 Å². The lowest BCUT2D eigenvalue weighted by molar-refractivity contribution is 0.311. The Balaban J connectivity index is 4.93. The van der Waals surface area contributed by atoms with Gasteiger partial charge in [0.25, 0.3) is 15.0 Å². The maximum atomic E-state index is 13.1. The van der Waals surface area contributed by atoms with E-state index in [1.807, 2.05) is 0 Å². The van der Waals surface area contributed by atoms with Crippen molar-refractivity contribution in [1.82, 2.24) is 9.34 Å². The van der Waals surface area contributed by atoms with E-state index in [0.717, 1.165) is 25.7 Å². The molecule has 0 bridgehead atoms. The second-order valence-electron chi connectivity index (χ2n) is 5.34. The molecule has 140 valence electrons. The van der Waals surface area contributed by atoms with Gasteiger partial charge in [0, 0.05) is 39.1 Å². The van der Waals surface area contributed by atoms with E-state index in [1.54, 1.807) is 23.4 Å². The number of hydrogen-bond acceptors (Lipinski definition) is 4. The highest BCUT2D eigenvalue weighted by molar-refractivity contribution is 7.73. The quantitative estimate of drug-likeness (QED) is 0.238. The maximum Gasteiger partial charge on any atom is 0.282 e. The van der Waals surface area contributed by atoms with Crippen LogP contribution in [0, 0.1) is 0 Å². The summed E-state index contributed by atoms with van der Waals surface area (Å²) in [5, 5.41) is 0. The van der Waals surface area contributed by atoms with Gasteiger partial charge in [-0.25, -0.2) is 9.34 Å². The summed E-state index contributed by atoms with van der Waals surface area (Å²) >= 11 is 11.3. The standard InChI is InChI=1S/C13H30Cl2N2O4P2/c1-16(11-7-5-9-14)22(18,20-3)13-23(19,21-4)17(2)12-8-6-10-15/h5-13H2,1-4H3. The van der Waals surface area contributed by atoms with Crippen LogP contribution in [-0.4, -0.2) is 68.4 Å². The predicted molar refractivity (Wildman–Crippen MR) is 99.3 cm³/mol. The molecule has 0 aromatic heterocycles. The fraction of sp³-hybridized carbons (Fsp3) is 1.00. The Morgan fingerprint density at radius 3 is 1.39 bits per heavy atom. The van der Waals surface area contributed by atoms with Crippen LogP contribution in [0.2, 0.25) is 0 Å². The molecule has 2 atom stereocenters. The molecule has 0 aliphatic carbocycles. The second kappa shape index (κ2) is 12.3. The average molecular weight is 411 g/mol. The smallest absolute Gasteiger partial charge is 0.282 e. The summed E-state index contributed by atoms with van der Waals surface area (Å²) in [5.74, 6) is 0.984. The zero-order chi connectivity index (χ0) is 17.9. The second-order valence-corrected chi connectivity index (χ2v) is 11.9. The molecule has 0 saturated heterocycles. The summed E-state index contributed by atoms with van der Waals surface area (Å²) in [6.45, 7) is 1.13. The van der Waals surface area contributed by atoms with E-state index < -0.39 is 15.0 Å². The number of hydrogen-bond donors (Lipinski definition) is 0. The molecule has 0 heterocycles. The molecule has 0 N–H and O–H groups in total. The van der Waals surface area contributed by atoms with Crippen molar-refractivity contribution in [2.45, 2.75) is 25.7 Å². The lowest BCUT2D eigenvalue weighted by atomic mass is 10.3. The van der Waals surface area contributed by atoms with Crippen LogP contribution in [0.15, 0.2) is 0 Å². The van der Waals surface area contributed by atoms with Crippen molar-refractivity contribution in [2.75, 3.05) is 59.1 Å². The molecule has 6 nitrogen and oxygen atoms in total. The highest BCUT2D eigenvalue weighted by Crippen LogP contribution is 2.64. The Bertz CT molecular complexity index is 379. The van der Waals surface area contributed by atoms with Crippen molar-refractivity contribution in [3.63, 3.8) is 0 Å². The van der Waals surface area contributed by atoms with Crippen LogP contribution in [0.1, 0.15) is 25.7 Å². The first kappa shape index (κ1) is 23.9. The van der Waals surface area contributed by atoms with Crippen LogP contribution in [0.3, 0.4) is 0 Å². The number of unbranched alkanes of at least 4 members (excludes halogenated alkanes) is 2. The SMILES string of the molecule is COP(=O)(CP(=O)(OC)N(C)CCCCCl)N(C)CCCCCl. The Morgan fingerprint density at radius 1 is 0.783 bits per heavy atom. The van der Waals surface area contributed by atoms with Crippen molar-refractivity contribution >= 4 is 38.2 Å². The van der Waals surface area contributed by atoms with E-state index in [4.69, 9.17) is 32.2 Å². The van der Waals surface area contributed by atoms with E-state index in [9.17, 15) is 9.13 Å². The number of rotatable bonds is 14. The molecule has 0 fully saturated rings. The molecule has 23 heavy (non-hydrogen) atoms. The Kier molecular flexibility index (Phi) is 12.7. The molecule has 2 unspecified atom stereocenters. The van der Waals surface area contributed by atoms with E-state index in [1.165, 1.54) is 14.2 Å². The monoisotopic (exact) mass is 410 g/mol. The molecule has 0 aliphatic heterocycles. The van der Waals surface area contributed by atoms with E-state index in [2.05, 4.69) is 0 Å². The molecule has 0 aromatic rings. The fourth-order valence-corrected chi connectivity index (χ4v) is 8.30. The van der Waals surface area contributed by atoms with Crippen LogP contribution in [0.25, 0.3) is 0 Å². The molecule has 0 amide bonds. The highest BCUT2D eigenvalue weighted by atomic mass is 35.5. The predicted octanol–water partition coefficient (Wildman–Crippen LogP) is 4.52. The van der Waals surface area contributed by atoms with Gasteiger partial charge in [0.15, 0.2) is 0 Å². The minimum Gasteiger partial charge on any atom is -0.320 e. The van der Waals surface area contributed by atoms with Gasteiger partial charge < -0.3 is 9.05 Å². The topological polar surface area (TPSA) is 59.1 Å². The molecule has 0 radical (unpaired) electrons. The van der Waals surface area contributed by atoms with Crippen molar-refractivity contribution in [1.29, 1.82) is 0 Å².